The highest BCUT2D eigenvalue weighted by Gasteiger charge is 2.58. The summed E-state index contributed by atoms with van der Waals surface area (Å²) in [4.78, 5) is 4.30. The van der Waals surface area contributed by atoms with Crippen LogP contribution in [-0.2, 0) is 0 Å². The molecule has 0 bridgehead atoms. The summed E-state index contributed by atoms with van der Waals surface area (Å²) in [6, 6.07) is 0. The van der Waals surface area contributed by atoms with Gasteiger partial charge in [-0.3, -0.25) is 4.90 Å². The highest BCUT2D eigenvalue weighted by atomic mass is 35.5. The van der Waals surface area contributed by atoms with E-state index < -0.39 is 12.0 Å². The van der Waals surface area contributed by atoms with Crippen LogP contribution >= 0.6 is 11.6 Å². The van der Waals surface area contributed by atoms with Gasteiger partial charge in [0.2, 0.25) is 0 Å². The first-order valence-electron chi connectivity index (χ1n) is 3.73. The smallest absolute Gasteiger partial charge is 0.332 e. The van der Waals surface area contributed by atoms with E-state index in [4.69, 9.17) is 11.6 Å². The second-order valence-corrected chi connectivity index (χ2v) is 3.39. The van der Waals surface area contributed by atoms with Gasteiger partial charge >= 0.3 is 6.18 Å². The molecule has 3 nitrogen and oxygen atoms in total. The van der Waals surface area contributed by atoms with Crippen molar-refractivity contribution >= 4 is 17.8 Å². The number of allylic oxidation sites excluding steroid dienone is 1. The molecule has 7 heteroatoms. The Labute approximate surface area is 84.2 Å². The number of rotatable bonds is 1. The van der Waals surface area contributed by atoms with E-state index in [0.717, 1.165) is 11.1 Å². The topological polar surface area (TPSA) is 27.6 Å². The highest BCUT2D eigenvalue weighted by molar-refractivity contribution is 6.30. The molecule has 1 heterocycles. The Kier molecular flexibility index (Phi) is 2.78. The number of alkyl halides is 3. The summed E-state index contributed by atoms with van der Waals surface area (Å²) in [5.41, 5.74) is 0. The molecule has 0 amide bonds. The van der Waals surface area contributed by atoms with Crippen LogP contribution < -0.4 is 5.32 Å². The van der Waals surface area contributed by atoms with Gasteiger partial charge in [-0.15, -0.1) is 0 Å². The largest absolute Gasteiger partial charge is 0.447 e. The summed E-state index contributed by atoms with van der Waals surface area (Å²) < 4.78 is 38.2. The van der Waals surface area contributed by atoms with E-state index in [1.54, 1.807) is 0 Å². The van der Waals surface area contributed by atoms with Crippen molar-refractivity contribution in [3.63, 3.8) is 0 Å². The van der Waals surface area contributed by atoms with Gasteiger partial charge in [0.05, 0.1) is 0 Å². The summed E-state index contributed by atoms with van der Waals surface area (Å²) in [7, 11) is 2.54. The molecule has 0 spiro atoms. The lowest BCUT2D eigenvalue weighted by atomic mass is 10.2. The van der Waals surface area contributed by atoms with E-state index in [1.165, 1.54) is 20.2 Å². The Morgan fingerprint density at radius 2 is 2.07 bits per heavy atom. The molecule has 0 radical (unpaired) electrons. The number of halogens is 4. The van der Waals surface area contributed by atoms with Crippen molar-refractivity contribution in [1.29, 1.82) is 0 Å². The van der Waals surface area contributed by atoms with Crippen LogP contribution in [0.15, 0.2) is 16.2 Å². The van der Waals surface area contributed by atoms with Gasteiger partial charge in [0.1, 0.15) is 5.16 Å². The molecular weight excluding hydrogens is 219 g/mol. The van der Waals surface area contributed by atoms with Gasteiger partial charge in [-0.05, 0) is 20.2 Å². The van der Waals surface area contributed by atoms with Gasteiger partial charge in [-0.1, -0.05) is 11.6 Å². The number of aliphatic imine (C=N–C) groups is 1. The molecule has 0 saturated carbocycles. The third-order valence-electron chi connectivity index (χ3n) is 1.82. The van der Waals surface area contributed by atoms with Crippen molar-refractivity contribution in [3.05, 3.63) is 11.2 Å². The second-order valence-electron chi connectivity index (χ2n) is 2.98. The zero-order chi connectivity index (χ0) is 11.0. The van der Waals surface area contributed by atoms with Crippen molar-refractivity contribution in [2.75, 3.05) is 14.1 Å². The standard InChI is InChI=1S/C7H9ClF3N3/c1-14(2)7(6(9,10)11)12-4-3-5(8)13-7/h3-4,13H,1-2H3. The normalized spacial score (nSPS) is 27.5. The first kappa shape index (κ1) is 11.3. The maximum absolute atomic E-state index is 12.7. The van der Waals surface area contributed by atoms with Gasteiger partial charge < -0.3 is 5.32 Å². The van der Waals surface area contributed by atoms with Crippen LogP contribution in [0.5, 0.6) is 0 Å². The first-order valence-corrected chi connectivity index (χ1v) is 4.11. The minimum atomic E-state index is -4.54. The minimum absolute atomic E-state index is 0.0916. The van der Waals surface area contributed by atoms with Crippen molar-refractivity contribution in [3.8, 4) is 0 Å². The highest BCUT2D eigenvalue weighted by Crippen LogP contribution is 2.35. The number of hydrogen-bond donors (Lipinski definition) is 1. The second kappa shape index (κ2) is 3.43. The first-order chi connectivity index (χ1) is 6.29. The Morgan fingerprint density at radius 1 is 1.50 bits per heavy atom. The number of nitrogens with zero attached hydrogens (tertiary/aromatic N) is 2. The monoisotopic (exact) mass is 227 g/mol. The van der Waals surface area contributed by atoms with Crippen LogP contribution in [0.1, 0.15) is 0 Å². The van der Waals surface area contributed by atoms with E-state index in [1.807, 2.05) is 0 Å². The van der Waals surface area contributed by atoms with Gasteiger partial charge in [-0.2, -0.15) is 13.2 Å². The van der Waals surface area contributed by atoms with Crippen molar-refractivity contribution in [1.82, 2.24) is 10.2 Å². The SMILES string of the molecule is CN(C)C1(C(F)(F)F)N=CC=C(Cl)N1. The molecule has 1 atom stereocenters. The zero-order valence-electron chi connectivity index (χ0n) is 7.56. The van der Waals surface area contributed by atoms with E-state index in [2.05, 4.69) is 10.3 Å². The third-order valence-corrected chi connectivity index (χ3v) is 2.04. The summed E-state index contributed by atoms with van der Waals surface area (Å²) in [5, 5.41) is 2.01. The van der Waals surface area contributed by atoms with Gasteiger partial charge in [0.15, 0.2) is 0 Å². The quantitative estimate of drug-likeness (QED) is 0.688. The number of hydrogen-bond acceptors (Lipinski definition) is 3. The average molecular weight is 228 g/mol. The molecule has 1 unspecified atom stereocenters. The molecule has 0 aromatic heterocycles. The molecule has 1 N–H and O–H groups in total. The van der Waals surface area contributed by atoms with Gasteiger partial charge in [0.25, 0.3) is 5.79 Å². The van der Waals surface area contributed by atoms with Gasteiger partial charge in [0, 0.05) is 6.21 Å². The summed E-state index contributed by atoms with van der Waals surface area (Å²) >= 11 is 5.48. The van der Waals surface area contributed by atoms with E-state index in [9.17, 15) is 13.2 Å². The fourth-order valence-corrected chi connectivity index (χ4v) is 1.26. The van der Waals surface area contributed by atoms with Crippen molar-refractivity contribution in [2.45, 2.75) is 12.0 Å². The zero-order valence-corrected chi connectivity index (χ0v) is 8.32. The maximum Gasteiger partial charge on any atom is 0.447 e. The van der Waals surface area contributed by atoms with Crippen LogP contribution in [0, 0.1) is 0 Å². The molecule has 1 aliphatic rings. The minimum Gasteiger partial charge on any atom is -0.332 e. The Balaban J connectivity index is 3.09. The van der Waals surface area contributed by atoms with Crippen LogP contribution in [0.2, 0.25) is 0 Å². The summed E-state index contributed by atoms with van der Waals surface area (Å²) in [5.74, 6) is -2.46. The van der Waals surface area contributed by atoms with E-state index in [0.29, 0.717) is 0 Å². The lowest BCUT2D eigenvalue weighted by Crippen LogP contribution is -2.64. The van der Waals surface area contributed by atoms with Crippen LogP contribution in [-0.4, -0.2) is 37.2 Å². The molecule has 0 aromatic rings. The predicted octanol–water partition coefficient (Wildman–Crippen LogP) is 1.52. The van der Waals surface area contributed by atoms with Crippen LogP contribution in [0.3, 0.4) is 0 Å². The Bertz CT molecular complexity index is 284. The maximum atomic E-state index is 12.7. The summed E-state index contributed by atoms with van der Waals surface area (Å²) in [6.07, 6.45) is -2.25. The molecule has 0 aliphatic carbocycles. The van der Waals surface area contributed by atoms with E-state index >= 15 is 0 Å². The van der Waals surface area contributed by atoms with Gasteiger partial charge in [-0.25, -0.2) is 4.99 Å². The Hall–Kier alpha value is -0.750. The Morgan fingerprint density at radius 3 is 2.36 bits per heavy atom. The molecule has 0 aromatic carbocycles. The molecular formula is C7H9ClF3N3. The van der Waals surface area contributed by atoms with Crippen molar-refractivity contribution in [2.24, 2.45) is 4.99 Å². The van der Waals surface area contributed by atoms with Crippen molar-refractivity contribution < 1.29 is 13.2 Å². The molecule has 14 heavy (non-hydrogen) atoms. The third kappa shape index (κ3) is 1.72. The number of nitrogens with one attached hydrogen (secondary N) is 1. The lowest BCUT2D eigenvalue weighted by Gasteiger charge is -2.39. The molecule has 80 valence electrons. The lowest BCUT2D eigenvalue weighted by molar-refractivity contribution is -0.230. The van der Waals surface area contributed by atoms with Crippen LogP contribution in [0.4, 0.5) is 13.2 Å². The molecule has 0 fully saturated rings. The molecule has 1 aliphatic heterocycles. The predicted molar refractivity (Wildman–Crippen MR) is 48.0 cm³/mol. The fourth-order valence-electron chi connectivity index (χ4n) is 1.08. The fraction of sp³-hybridized carbons (Fsp3) is 0.571. The average Bonchev–Trinajstić information content (AvgIpc) is 2.01. The van der Waals surface area contributed by atoms with E-state index in [-0.39, 0.29) is 5.16 Å². The molecule has 0 saturated heterocycles. The molecule has 1 rings (SSSR count). The summed E-state index contributed by atoms with van der Waals surface area (Å²) in [6.45, 7) is 0. The van der Waals surface area contributed by atoms with Crippen LogP contribution in [0.25, 0.3) is 0 Å².